The van der Waals surface area contributed by atoms with Crippen molar-refractivity contribution in [3.63, 3.8) is 0 Å². The third-order valence-corrected chi connectivity index (χ3v) is 6.20. The van der Waals surface area contributed by atoms with Crippen molar-refractivity contribution in [3.05, 3.63) is 58.9 Å². The van der Waals surface area contributed by atoms with Gasteiger partial charge in [-0.2, -0.15) is 0 Å². The number of halogens is 1. The number of β-amino-alcohol motifs (C(OH)–C–C–N with tert-alkyl or cyclic N) is 1. The molecule has 34 heavy (non-hydrogen) atoms. The van der Waals surface area contributed by atoms with Crippen LogP contribution in [0, 0.1) is 0 Å². The molecule has 2 fully saturated rings. The van der Waals surface area contributed by atoms with Crippen molar-refractivity contribution < 1.29 is 23.8 Å². The van der Waals surface area contributed by atoms with Gasteiger partial charge in [0.1, 0.15) is 17.6 Å². The van der Waals surface area contributed by atoms with Gasteiger partial charge in [0.05, 0.1) is 30.8 Å². The molecule has 3 heterocycles. The Morgan fingerprint density at radius 2 is 1.94 bits per heavy atom. The van der Waals surface area contributed by atoms with Crippen LogP contribution in [0.1, 0.15) is 23.2 Å². The lowest BCUT2D eigenvalue weighted by molar-refractivity contribution is -0.0871. The molecule has 9 nitrogen and oxygen atoms in total. The van der Waals surface area contributed by atoms with Gasteiger partial charge in [-0.25, -0.2) is 0 Å². The van der Waals surface area contributed by atoms with Crippen molar-refractivity contribution in [1.29, 1.82) is 0 Å². The number of methoxy groups -OCH3 is 1. The molecule has 2 aliphatic heterocycles. The quantitative estimate of drug-likeness (QED) is 0.546. The van der Waals surface area contributed by atoms with Crippen LogP contribution in [0.15, 0.2) is 46.9 Å². The van der Waals surface area contributed by atoms with Gasteiger partial charge >= 0.3 is 11.8 Å². The summed E-state index contributed by atoms with van der Waals surface area (Å²) in [6.45, 7) is 4.66. The van der Waals surface area contributed by atoms with Gasteiger partial charge in [0.2, 0.25) is 5.89 Å². The van der Waals surface area contributed by atoms with Crippen molar-refractivity contribution in [1.82, 2.24) is 20.0 Å². The maximum absolute atomic E-state index is 12.7. The molecule has 2 aliphatic rings. The minimum Gasteiger partial charge on any atom is -0.497 e. The maximum Gasteiger partial charge on any atom is 0.311 e. The standard InChI is InChI=1S/C24H25ClN4O5/c1-24(31)13-28(14-24)10-15-3-8-20(19(25)9-15)33-18-11-29(12-18)23(30)22-27-26-21(34-22)16-4-6-17(32-2)7-5-16/h3-9,18,31H,10-14H2,1-2H3. The fraction of sp³-hybridized carbons (Fsp3) is 0.375. The van der Waals surface area contributed by atoms with E-state index < -0.39 is 5.60 Å². The summed E-state index contributed by atoms with van der Waals surface area (Å²) in [5.41, 5.74) is 1.16. The van der Waals surface area contributed by atoms with E-state index in [1.807, 2.05) is 25.1 Å². The molecule has 3 aromatic rings. The summed E-state index contributed by atoms with van der Waals surface area (Å²) in [5, 5.41) is 18.3. The highest BCUT2D eigenvalue weighted by atomic mass is 35.5. The van der Waals surface area contributed by atoms with E-state index in [9.17, 15) is 9.90 Å². The molecule has 1 N–H and O–H groups in total. The molecule has 178 valence electrons. The molecule has 0 bridgehead atoms. The van der Waals surface area contributed by atoms with Crippen LogP contribution in [0.25, 0.3) is 11.5 Å². The number of hydrogen-bond acceptors (Lipinski definition) is 8. The number of aromatic nitrogens is 2. The molecule has 1 aromatic heterocycles. The normalized spacial score (nSPS) is 17.7. The fourth-order valence-electron chi connectivity index (χ4n) is 4.18. The summed E-state index contributed by atoms with van der Waals surface area (Å²) >= 11 is 6.42. The Kier molecular flexibility index (Phi) is 5.93. The lowest BCUT2D eigenvalue weighted by atomic mass is 9.96. The highest BCUT2D eigenvalue weighted by molar-refractivity contribution is 6.32. The van der Waals surface area contributed by atoms with Gasteiger partial charge < -0.3 is 23.9 Å². The molecule has 10 heteroatoms. The van der Waals surface area contributed by atoms with E-state index in [4.69, 9.17) is 25.5 Å². The van der Waals surface area contributed by atoms with Crippen LogP contribution in [0.4, 0.5) is 0 Å². The molecule has 0 atom stereocenters. The smallest absolute Gasteiger partial charge is 0.311 e. The topological polar surface area (TPSA) is 101 Å². The number of carbonyl (C=O) groups excluding carboxylic acids is 1. The molecular weight excluding hydrogens is 460 g/mol. The van der Waals surface area contributed by atoms with Gasteiger partial charge in [-0.3, -0.25) is 9.69 Å². The monoisotopic (exact) mass is 484 g/mol. The Balaban J connectivity index is 1.13. The summed E-state index contributed by atoms with van der Waals surface area (Å²) in [4.78, 5) is 16.4. The molecule has 2 aromatic carbocycles. The Labute approximate surface area is 201 Å². The molecule has 0 unspecified atom stereocenters. The molecule has 5 rings (SSSR count). The van der Waals surface area contributed by atoms with Gasteiger partial charge in [0, 0.05) is 25.2 Å². The first-order valence-corrected chi connectivity index (χ1v) is 11.3. The minimum absolute atomic E-state index is 0.0587. The van der Waals surface area contributed by atoms with Crippen LogP contribution in [0.3, 0.4) is 0 Å². The van der Waals surface area contributed by atoms with Crippen LogP contribution >= 0.6 is 11.6 Å². The predicted molar refractivity (Wildman–Crippen MR) is 124 cm³/mol. The number of benzene rings is 2. The maximum atomic E-state index is 12.7. The van der Waals surface area contributed by atoms with E-state index in [2.05, 4.69) is 15.1 Å². The Morgan fingerprint density at radius 3 is 2.59 bits per heavy atom. The highest BCUT2D eigenvalue weighted by Crippen LogP contribution is 2.30. The molecule has 1 amide bonds. The van der Waals surface area contributed by atoms with Gasteiger partial charge in [-0.05, 0) is 48.9 Å². The fourth-order valence-corrected chi connectivity index (χ4v) is 4.43. The van der Waals surface area contributed by atoms with Gasteiger partial charge in [0.25, 0.3) is 0 Å². The summed E-state index contributed by atoms with van der Waals surface area (Å²) in [6.07, 6.45) is -0.165. The average Bonchev–Trinajstić information content (AvgIpc) is 3.26. The van der Waals surface area contributed by atoms with Crippen molar-refractivity contribution in [2.45, 2.75) is 25.2 Å². The molecule has 0 radical (unpaired) electrons. The van der Waals surface area contributed by atoms with E-state index in [-0.39, 0.29) is 23.8 Å². The predicted octanol–water partition coefficient (Wildman–Crippen LogP) is 2.87. The van der Waals surface area contributed by atoms with Crippen molar-refractivity contribution in [2.24, 2.45) is 0 Å². The first-order chi connectivity index (χ1) is 16.3. The Morgan fingerprint density at radius 1 is 1.21 bits per heavy atom. The molecule has 0 aliphatic carbocycles. The number of rotatable bonds is 7. The van der Waals surface area contributed by atoms with Crippen molar-refractivity contribution >= 4 is 17.5 Å². The molecule has 2 saturated heterocycles. The number of aliphatic hydroxyl groups is 1. The zero-order valence-electron chi connectivity index (χ0n) is 18.9. The largest absolute Gasteiger partial charge is 0.497 e. The second kappa shape index (κ2) is 8.90. The van der Waals surface area contributed by atoms with Crippen molar-refractivity contribution in [3.8, 4) is 23.0 Å². The second-order valence-corrected chi connectivity index (χ2v) is 9.40. The van der Waals surface area contributed by atoms with Crippen LogP contribution in [0.2, 0.25) is 5.02 Å². The lowest BCUT2D eigenvalue weighted by Gasteiger charge is -2.44. The second-order valence-electron chi connectivity index (χ2n) is 9.00. The third kappa shape index (κ3) is 4.72. The van der Waals surface area contributed by atoms with Crippen LogP contribution < -0.4 is 9.47 Å². The first kappa shape index (κ1) is 22.6. The number of nitrogens with zero attached hydrogens (tertiary/aromatic N) is 4. The minimum atomic E-state index is -0.598. The van der Waals surface area contributed by atoms with Gasteiger partial charge in [-0.15, -0.1) is 10.2 Å². The summed E-state index contributed by atoms with van der Waals surface area (Å²) in [5.74, 6) is 1.17. The van der Waals surface area contributed by atoms with E-state index in [0.717, 1.165) is 12.1 Å². The van der Waals surface area contributed by atoms with Crippen LogP contribution in [0.5, 0.6) is 11.5 Å². The molecular formula is C24H25ClN4O5. The summed E-state index contributed by atoms with van der Waals surface area (Å²) in [7, 11) is 1.59. The third-order valence-electron chi connectivity index (χ3n) is 5.90. The van der Waals surface area contributed by atoms with E-state index in [1.165, 1.54) is 0 Å². The number of ether oxygens (including phenoxy) is 2. The molecule has 0 spiro atoms. The number of likely N-dealkylation sites (tertiary alicyclic amines) is 2. The average molecular weight is 485 g/mol. The highest BCUT2D eigenvalue weighted by Gasteiger charge is 2.37. The number of carbonyl (C=O) groups is 1. The zero-order chi connectivity index (χ0) is 23.9. The van der Waals surface area contributed by atoms with Gasteiger partial charge in [0.15, 0.2) is 0 Å². The molecule has 0 saturated carbocycles. The SMILES string of the molecule is COc1ccc(-c2nnc(C(=O)N3CC(Oc4ccc(CN5CC(C)(O)C5)cc4Cl)C3)o2)cc1. The van der Waals surface area contributed by atoms with Crippen molar-refractivity contribution in [2.75, 3.05) is 33.3 Å². The zero-order valence-corrected chi connectivity index (χ0v) is 19.7. The number of amides is 1. The van der Waals surface area contributed by atoms with Gasteiger partial charge in [-0.1, -0.05) is 17.7 Å². The summed E-state index contributed by atoms with van der Waals surface area (Å²) in [6, 6.07) is 12.8. The first-order valence-electron chi connectivity index (χ1n) is 11.0. The van der Waals surface area contributed by atoms with Crippen LogP contribution in [-0.2, 0) is 6.54 Å². The van der Waals surface area contributed by atoms with E-state index in [0.29, 0.717) is 48.3 Å². The number of hydrogen-bond donors (Lipinski definition) is 1. The lowest BCUT2D eigenvalue weighted by Crippen LogP contribution is -2.59. The van der Waals surface area contributed by atoms with Crippen LogP contribution in [-0.4, -0.2) is 76.0 Å². The van der Waals surface area contributed by atoms with E-state index in [1.54, 1.807) is 36.3 Å². The summed E-state index contributed by atoms with van der Waals surface area (Å²) < 4.78 is 16.7. The Bertz CT molecular complexity index is 1180. The van der Waals surface area contributed by atoms with E-state index >= 15 is 0 Å². The Hall–Kier alpha value is -3.14.